The molecule has 2 nitrogen and oxygen atoms in total. The lowest BCUT2D eigenvalue weighted by molar-refractivity contribution is -0.671. The second kappa shape index (κ2) is 5.74. The van der Waals surface area contributed by atoms with Gasteiger partial charge in [-0.2, -0.15) is 0 Å². The van der Waals surface area contributed by atoms with Gasteiger partial charge in [0.25, 0.3) is 0 Å². The van der Waals surface area contributed by atoms with Crippen molar-refractivity contribution in [2.24, 2.45) is 0 Å². The van der Waals surface area contributed by atoms with E-state index >= 15 is 0 Å². The SMILES string of the molecule is C=Cc1cccc2c1[nH]c[n+]2CCCc1ccccc1. The van der Waals surface area contributed by atoms with Gasteiger partial charge in [0.2, 0.25) is 6.33 Å². The summed E-state index contributed by atoms with van der Waals surface area (Å²) in [7, 11) is 0. The molecule has 20 heavy (non-hydrogen) atoms. The standard InChI is InChI=1S/C18H18N2/c1-2-16-11-6-12-17-18(16)19-14-20(17)13-7-10-15-8-4-3-5-9-15/h2-6,8-9,11-12,14H,1,7,10,13H2/p+1. The molecular weight excluding hydrogens is 244 g/mol. The number of imidazole rings is 1. The van der Waals surface area contributed by atoms with Crippen LogP contribution in [0.1, 0.15) is 17.5 Å². The van der Waals surface area contributed by atoms with Gasteiger partial charge in [-0.15, -0.1) is 0 Å². The summed E-state index contributed by atoms with van der Waals surface area (Å²) in [6.45, 7) is 4.89. The highest BCUT2D eigenvalue weighted by Crippen LogP contribution is 2.14. The molecule has 0 aliphatic heterocycles. The van der Waals surface area contributed by atoms with Crippen LogP contribution >= 0.6 is 0 Å². The Labute approximate surface area is 119 Å². The number of aryl methyl sites for hydroxylation is 2. The number of hydrogen-bond donors (Lipinski definition) is 1. The first kappa shape index (κ1) is 12.7. The number of fused-ring (bicyclic) bond motifs is 1. The summed E-state index contributed by atoms with van der Waals surface area (Å²) in [5, 5.41) is 0. The zero-order valence-electron chi connectivity index (χ0n) is 11.5. The monoisotopic (exact) mass is 263 g/mol. The Kier molecular flexibility index (Phi) is 3.64. The Morgan fingerprint density at radius 3 is 2.70 bits per heavy atom. The highest BCUT2D eigenvalue weighted by molar-refractivity contribution is 5.81. The van der Waals surface area contributed by atoms with Gasteiger partial charge >= 0.3 is 0 Å². The molecule has 0 atom stereocenters. The fraction of sp³-hybridized carbons (Fsp3) is 0.167. The van der Waals surface area contributed by atoms with E-state index in [2.05, 4.69) is 71.0 Å². The summed E-state index contributed by atoms with van der Waals surface area (Å²) >= 11 is 0. The quantitative estimate of drug-likeness (QED) is 0.677. The molecule has 3 aromatic rings. The third kappa shape index (κ3) is 2.50. The highest BCUT2D eigenvalue weighted by atomic mass is 15.0. The molecule has 2 aromatic carbocycles. The lowest BCUT2D eigenvalue weighted by Crippen LogP contribution is -2.31. The maximum Gasteiger partial charge on any atom is 0.242 e. The Bertz CT molecular complexity index is 711. The van der Waals surface area contributed by atoms with Gasteiger partial charge in [-0.3, -0.25) is 0 Å². The first-order chi connectivity index (χ1) is 9.88. The minimum absolute atomic E-state index is 1.02. The minimum atomic E-state index is 1.02. The van der Waals surface area contributed by atoms with Crippen molar-refractivity contribution in [1.82, 2.24) is 4.98 Å². The van der Waals surface area contributed by atoms with Gasteiger partial charge in [0.05, 0.1) is 6.54 Å². The first-order valence-corrected chi connectivity index (χ1v) is 7.04. The number of rotatable bonds is 5. The maximum atomic E-state index is 3.86. The molecule has 0 spiro atoms. The summed E-state index contributed by atoms with van der Waals surface area (Å²) in [5.74, 6) is 0. The van der Waals surface area contributed by atoms with E-state index in [1.165, 1.54) is 16.6 Å². The largest absolute Gasteiger partial charge is 0.243 e. The number of benzene rings is 2. The summed E-state index contributed by atoms with van der Waals surface area (Å²) in [5.41, 5.74) is 4.97. The van der Waals surface area contributed by atoms with Crippen LogP contribution in [-0.2, 0) is 13.0 Å². The predicted octanol–water partition coefficient (Wildman–Crippen LogP) is 3.73. The fourth-order valence-corrected chi connectivity index (χ4v) is 2.62. The van der Waals surface area contributed by atoms with Crippen LogP contribution in [0, 0.1) is 0 Å². The number of para-hydroxylation sites is 1. The normalized spacial score (nSPS) is 10.8. The van der Waals surface area contributed by atoms with Gasteiger partial charge in [-0.1, -0.05) is 55.1 Å². The molecule has 0 saturated carbocycles. The van der Waals surface area contributed by atoms with Crippen LogP contribution < -0.4 is 4.57 Å². The Morgan fingerprint density at radius 1 is 1.05 bits per heavy atom. The van der Waals surface area contributed by atoms with Crippen LogP contribution in [0.5, 0.6) is 0 Å². The Hall–Kier alpha value is -2.35. The topological polar surface area (TPSA) is 19.7 Å². The first-order valence-electron chi connectivity index (χ1n) is 7.04. The van der Waals surface area contributed by atoms with E-state index in [0.717, 1.165) is 24.9 Å². The van der Waals surface area contributed by atoms with Gasteiger partial charge in [-0.05, 0) is 24.5 Å². The van der Waals surface area contributed by atoms with Crippen LogP contribution in [0.15, 0.2) is 61.4 Å². The molecule has 1 aromatic heterocycles. The van der Waals surface area contributed by atoms with Crippen molar-refractivity contribution in [3.8, 4) is 0 Å². The lowest BCUT2D eigenvalue weighted by atomic mass is 10.1. The van der Waals surface area contributed by atoms with Crippen molar-refractivity contribution >= 4 is 17.1 Å². The molecule has 0 fully saturated rings. The van der Waals surface area contributed by atoms with Crippen LogP contribution in [0.3, 0.4) is 0 Å². The molecule has 3 rings (SSSR count). The van der Waals surface area contributed by atoms with Gasteiger partial charge < -0.3 is 0 Å². The molecule has 0 bridgehead atoms. The van der Waals surface area contributed by atoms with Crippen LogP contribution in [0.4, 0.5) is 0 Å². The average molecular weight is 263 g/mol. The third-order valence-electron chi connectivity index (χ3n) is 3.68. The zero-order chi connectivity index (χ0) is 13.8. The van der Waals surface area contributed by atoms with Crippen LogP contribution in [0.25, 0.3) is 17.1 Å². The molecular formula is C18H19N2+. The summed E-state index contributed by atoms with van der Waals surface area (Å²) in [6.07, 6.45) is 6.21. The lowest BCUT2D eigenvalue weighted by Gasteiger charge is -2.00. The maximum absolute atomic E-state index is 3.86. The van der Waals surface area contributed by atoms with Crippen LogP contribution in [-0.4, -0.2) is 4.98 Å². The molecule has 0 aliphatic carbocycles. The van der Waals surface area contributed by atoms with Gasteiger partial charge in [-0.25, -0.2) is 9.55 Å². The minimum Gasteiger partial charge on any atom is -0.243 e. The van der Waals surface area contributed by atoms with E-state index in [1.54, 1.807) is 0 Å². The third-order valence-corrected chi connectivity index (χ3v) is 3.68. The number of H-pyrrole nitrogens is 1. The van der Waals surface area contributed by atoms with Crippen molar-refractivity contribution in [1.29, 1.82) is 0 Å². The summed E-state index contributed by atoms with van der Waals surface area (Å²) in [6, 6.07) is 17.0. The van der Waals surface area contributed by atoms with E-state index < -0.39 is 0 Å². The van der Waals surface area contributed by atoms with E-state index in [9.17, 15) is 0 Å². The molecule has 0 amide bonds. The van der Waals surface area contributed by atoms with E-state index in [4.69, 9.17) is 0 Å². The van der Waals surface area contributed by atoms with Crippen molar-refractivity contribution in [3.05, 3.63) is 72.6 Å². The molecule has 0 radical (unpaired) electrons. The molecule has 100 valence electrons. The fourth-order valence-electron chi connectivity index (χ4n) is 2.62. The molecule has 2 heteroatoms. The van der Waals surface area contributed by atoms with E-state index in [1.807, 2.05) is 6.08 Å². The smallest absolute Gasteiger partial charge is 0.242 e. The van der Waals surface area contributed by atoms with E-state index in [-0.39, 0.29) is 0 Å². The molecule has 0 saturated heterocycles. The molecule has 0 unspecified atom stereocenters. The van der Waals surface area contributed by atoms with Crippen molar-refractivity contribution in [2.75, 3.05) is 0 Å². The number of nitrogens with zero attached hydrogens (tertiary/aromatic N) is 1. The molecule has 1 heterocycles. The second-order valence-electron chi connectivity index (χ2n) is 5.00. The Morgan fingerprint density at radius 2 is 1.90 bits per heavy atom. The van der Waals surface area contributed by atoms with Gasteiger partial charge in [0.15, 0.2) is 11.0 Å². The molecule has 0 aliphatic rings. The Balaban J connectivity index is 1.74. The average Bonchev–Trinajstić information content (AvgIpc) is 2.92. The van der Waals surface area contributed by atoms with Crippen molar-refractivity contribution < 1.29 is 4.57 Å². The second-order valence-corrected chi connectivity index (χ2v) is 5.00. The van der Waals surface area contributed by atoms with Crippen molar-refractivity contribution in [2.45, 2.75) is 19.4 Å². The number of aromatic nitrogens is 2. The van der Waals surface area contributed by atoms with Crippen LogP contribution in [0.2, 0.25) is 0 Å². The number of hydrogen-bond acceptors (Lipinski definition) is 0. The van der Waals surface area contributed by atoms with Crippen molar-refractivity contribution in [3.63, 3.8) is 0 Å². The number of aromatic amines is 1. The predicted molar refractivity (Wildman–Crippen MR) is 83.3 cm³/mol. The number of nitrogens with one attached hydrogen (secondary N) is 1. The van der Waals surface area contributed by atoms with E-state index in [0.29, 0.717) is 0 Å². The van der Waals surface area contributed by atoms with Gasteiger partial charge in [0.1, 0.15) is 0 Å². The highest BCUT2D eigenvalue weighted by Gasteiger charge is 2.11. The van der Waals surface area contributed by atoms with Gasteiger partial charge in [0, 0.05) is 5.56 Å². The summed E-state index contributed by atoms with van der Waals surface area (Å²) < 4.78 is 2.28. The molecule has 1 N–H and O–H groups in total. The summed E-state index contributed by atoms with van der Waals surface area (Å²) in [4.78, 5) is 3.35. The zero-order valence-corrected chi connectivity index (χ0v) is 11.5.